The molecule has 0 atom stereocenters. The molecule has 1 aromatic rings. The molecule has 6 heteroatoms. The van der Waals surface area contributed by atoms with E-state index in [1.54, 1.807) is 13.1 Å². The lowest BCUT2D eigenvalue weighted by molar-refractivity contribution is -0.140. The standard InChI is InChI=1S/C11H15BrN2O3/c1-7-8(13)6-14(11(16)10(7)12)5-3-4-9(15)17-2/h6H,3-5,13H2,1-2H3. The number of carbonyl (C=O) groups is 1. The molecule has 1 aromatic heterocycles. The van der Waals surface area contributed by atoms with Crippen LogP contribution < -0.4 is 11.3 Å². The van der Waals surface area contributed by atoms with Gasteiger partial charge in [0.15, 0.2) is 0 Å². The Bertz CT molecular complexity index is 482. The Morgan fingerprint density at radius 2 is 2.24 bits per heavy atom. The lowest BCUT2D eigenvalue weighted by Gasteiger charge is -2.09. The van der Waals surface area contributed by atoms with Crippen molar-refractivity contribution in [3.63, 3.8) is 0 Å². The highest BCUT2D eigenvalue weighted by Gasteiger charge is 2.08. The Balaban J connectivity index is 2.79. The molecule has 17 heavy (non-hydrogen) atoms. The summed E-state index contributed by atoms with van der Waals surface area (Å²) in [7, 11) is 1.34. The average molecular weight is 303 g/mol. The molecule has 5 nitrogen and oxygen atoms in total. The molecule has 0 saturated carbocycles. The van der Waals surface area contributed by atoms with Gasteiger partial charge < -0.3 is 15.0 Å². The first-order chi connectivity index (χ1) is 7.97. The fourth-order valence-corrected chi connectivity index (χ4v) is 1.86. The van der Waals surface area contributed by atoms with Crippen molar-refractivity contribution >= 4 is 27.6 Å². The predicted molar refractivity (Wildman–Crippen MR) is 68.8 cm³/mol. The maximum Gasteiger partial charge on any atom is 0.305 e. The van der Waals surface area contributed by atoms with Gasteiger partial charge in [-0.1, -0.05) is 0 Å². The van der Waals surface area contributed by atoms with Gasteiger partial charge in [-0.3, -0.25) is 9.59 Å². The first-order valence-electron chi connectivity index (χ1n) is 5.19. The lowest BCUT2D eigenvalue weighted by atomic mass is 10.2. The van der Waals surface area contributed by atoms with Crippen molar-refractivity contribution in [1.82, 2.24) is 4.57 Å². The van der Waals surface area contributed by atoms with Crippen molar-refractivity contribution in [2.24, 2.45) is 0 Å². The van der Waals surface area contributed by atoms with Gasteiger partial charge in [0.2, 0.25) is 0 Å². The van der Waals surface area contributed by atoms with Gasteiger partial charge in [0, 0.05) is 19.2 Å². The quantitative estimate of drug-likeness (QED) is 0.854. The third kappa shape index (κ3) is 3.33. The highest BCUT2D eigenvalue weighted by atomic mass is 79.9. The normalized spacial score (nSPS) is 10.3. The van der Waals surface area contributed by atoms with E-state index < -0.39 is 0 Å². The van der Waals surface area contributed by atoms with Crippen LogP contribution in [0, 0.1) is 6.92 Å². The number of hydrogen-bond acceptors (Lipinski definition) is 4. The molecule has 0 saturated heterocycles. The minimum Gasteiger partial charge on any atom is -0.469 e. The van der Waals surface area contributed by atoms with Gasteiger partial charge >= 0.3 is 5.97 Å². The third-order valence-corrected chi connectivity index (χ3v) is 3.45. The number of halogens is 1. The molecular weight excluding hydrogens is 288 g/mol. The van der Waals surface area contributed by atoms with Crippen LogP contribution in [0.1, 0.15) is 18.4 Å². The van der Waals surface area contributed by atoms with Crippen molar-refractivity contribution < 1.29 is 9.53 Å². The van der Waals surface area contributed by atoms with Crippen LogP contribution in [0.3, 0.4) is 0 Å². The molecule has 0 fully saturated rings. The van der Waals surface area contributed by atoms with E-state index in [0.29, 0.717) is 23.1 Å². The number of aryl methyl sites for hydroxylation is 1. The summed E-state index contributed by atoms with van der Waals surface area (Å²) >= 11 is 3.21. The van der Waals surface area contributed by atoms with Crippen molar-refractivity contribution in [2.75, 3.05) is 12.8 Å². The van der Waals surface area contributed by atoms with Crippen LogP contribution in [-0.4, -0.2) is 17.6 Å². The van der Waals surface area contributed by atoms with Gasteiger partial charge in [0.1, 0.15) is 0 Å². The predicted octanol–water partition coefficient (Wildman–Crippen LogP) is 1.45. The van der Waals surface area contributed by atoms with Crippen LogP contribution in [0.5, 0.6) is 0 Å². The number of carbonyl (C=O) groups excluding carboxylic acids is 1. The van der Waals surface area contributed by atoms with Crippen LogP contribution in [-0.2, 0) is 16.1 Å². The van der Waals surface area contributed by atoms with Gasteiger partial charge in [-0.25, -0.2) is 0 Å². The van der Waals surface area contributed by atoms with Crippen LogP contribution in [0.15, 0.2) is 15.5 Å². The van der Waals surface area contributed by atoms with E-state index in [1.165, 1.54) is 11.7 Å². The van der Waals surface area contributed by atoms with E-state index in [9.17, 15) is 9.59 Å². The Hall–Kier alpha value is -1.30. The zero-order valence-electron chi connectivity index (χ0n) is 9.83. The van der Waals surface area contributed by atoms with E-state index in [1.807, 2.05) is 0 Å². The number of rotatable bonds is 4. The largest absolute Gasteiger partial charge is 0.469 e. The molecule has 1 rings (SSSR count). The molecule has 0 aromatic carbocycles. The van der Waals surface area contributed by atoms with Gasteiger partial charge in [0.25, 0.3) is 5.56 Å². The van der Waals surface area contributed by atoms with Crippen molar-refractivity contribution in [3.8, 4) is 0 Å². The van der Waals surface area contributed by atoms with E-state index in [4.69, 9.17) is 5.73 Å². The number of aromatic nitrogens is 1. The number of anilines is 1. The number of nitrogens with two attached hydrogens (primary N) is 1. The molecular formula is C11H15BrN2O3. The number of esters is 1. The Labute approximate surface area is 108 Å². The molecule has 0 unspecified atom stereocenters. The van der Waals surface area contributed by atoms with E-state index in [0.717, 1.165) is 5.56 Å². The summed E-state index contributed by atoms with van der Waals surface area (Å²) in [5.74, 6) is -0.280. The zero-order chi connectivity index (χ0) is 13.0. The molecule has 0 aliphatic heterocycles. The number of hydrogen-bond donors (Lipinski definition) is 1. The summed E-state index contributed by atoms with van der Waals surface area (Å²) in [6.45, 7) is 2.22. The lowest BCUT2D eigenvalue weighted by Crippen LogP contribution is -2.22. The first-order valence-corrected chi connectivity index (χ1v) is 5.98. The van der Waals surface area contributed by atoms with E-state index in [2.05, 4.69) is 20.7 Å². The smallest absolute Gasteiger partial charge is 0.305 e. The van der Waals surface area contributed by atoms with Crippen LogP contribution in [0.2, 0.25) is 0 Å². The minimum atomic E-state index is -0.280. The molecule has 1 heterocycles. The average Bonchev–Trinajstić information content (AvgIpc) is 2.32. The summed E-state index contributed by atoms with van der Waals surface area (Å²) in [5, 5.41) is 0. The van der Waals surface area contributed by atoms with Crippen molar-refractivity contribution in [1.29, 1.82) is 0 Å². The summed E-state index contributed by atoms with van der Waals surface area (Å²) in [6.07, 6.45) is 2.43. The number of ether oxygens (including phenoxy) is 1. The van der Waals surface area contributed by atoms with Crippen molar-refractivity contribution in [3.05, 3.63) is 26.6 Å². The monoisotopic (exact) mass is 302 g/mol. The molecule has 94 valence electrons. The molecule has 0 bridgehead atoms. The number of nitrogens with zero attached hydrogens (tertiary/aromatic N) is 1. The topological polar surface area (TPSA) is 74.3 Å². The van der Waals surface area contributed by atoms with Gasteiger partial charge in [-0.05, 0) is 34.8 Å². The number of methoxy groups -OCH3 is 1. The SMILES string of the molecule is COC(=O)CCCn1cc(N)c(C)c(Br)c1=O. The highest BCUT2D eigenvalue weighted by Crippen LogP contribution is 2.17. The maximum absolute atomic E-state index is 11.8. The maximum atomic E-state index is 11.8. The summed E-state index contributed by atoms with van der Waals surface area (Å²) in [6, 6.07) is 0. The molecule has 0 spiro atoms. The van der Waals surface area contributed by atoms with Crippen molar-refractivity contribution in [2.45, 2.75) is 26.3 Å². The van der Waals surface area contributed by atoms with Gasteiger partial charge in [-0.15, -0.1) is 0 Å². The van der Waals surface area contributed by atoms with Crippen LogP contribution >= 0.6 is 15.9 Å². The second-order valence-electron chi connectivity index (χ2n) is 3.70. The Kier molecular flexibility index (Phi) is 4.74. The second-order valence-corrected chi connectivity index (χ2v) is 4.49. The number of pyridine rings is 1. The van der Waals surface area contributed by atoms with E-state index >= 15 is 0 Å². The van der Waals surface area contributed by atoms with Crippen LogP contribution in [0.4, 0.5) is 5.69 Å². The van der Waals surface area contributed by atoms with E-state index in [-0.39, 0.29) is 17.9 Å². The van der Waals surface area contributed by atoms with Gasteiger partial charge in [0.05, 0.1) is 17.3 Å². The fourth-order valence-electron chi connectivity index (χ4n) is 1.40. The first kappa shape index (κ1) is 13.8. The molecule has 0 aliphatic rings. The summed E-state index contributed by atoms with van der Waals surface area (Å²) in [5.41, 5.74) is 6.92. The zero-order valence-corrected chi connectivity index (χ0v) is 11.4. The second kappa shape index (κ2) is 5.86. The molecule has 0 aliphatic carbocycles. The fraction of sp³-hybridized carbons (Fsp3) is 0.455. The molecule has 0 radical (unpaired) electrons. The molecule has 2 N–H and O–H groups in total. The molecule has 0 amide bonds. The summed E-state index contributed by atoms with van der Waals surface area (Å²) < 4.78 is 6.49. The Morgan fingerprint density at radius 1 is 1.59 bits per heavy atom. The van der Waals surface area contributed by atoms with Crippen LogP contribution in [0.25, 0.3) is 0 Å². The Morgan fingerprint density at radius 3 is 2.82 bits per heavy atom. The van der Waals surface area contributed by atoms with Gasteiger partial charge in [-0.2, -0.15) is 0 Å². The highest BCUT2D eigenvalue weighted by molar-refractivity contribution is 9.10. The minimum absolute atomic E-state index is 0.137. The third-order valence-electron chi connectivity index (χ3n) is 2.51. The number of nitrogen functional groups attached to an aromatic ring is 1. The summed E-state index contributed by atoms with van der Waals surface area (Å²) in [4.78, 5) is 22.8.